The molecule has 1 aromatic carbocycles. The standard InChI is InChI=1S/C29H35BrN2O4S/c1-20(33)36-29-11-10-24(31-27(34)9-8-26-15-23(30)18-37-26)16-28(29,22-4-3-5-25(14-22)35-2)12-13-32(19-29)17-21-6-7-21/h3-5,8-9,14-15,18,21,24H,6-7,10-13,16-17,19H2,1-2H3,(H,31,34)/t24-,28+,29+/m1/s1. The maximum absolute atomic E-state index is 12.9. The first-order valence-electron chi connectivity index (χ1n) is 13.1. The molecular weight excluding hydrogens is 552 g/mol. The Balaban J connectivity index is 1.44. The molecule has 198 valence electrons. The van der Waals surface area contributed by atoms with Gasteiger partial charge in [-0.2, -0.15) is 0 Å². The van der Waals surface area contributed by atoms with Crippen molar-refractivity contribution in [1.82, 2.24) is 10.2 Å². The lowest BCUT2D eigenvalue weighted by molar-refractivity contribution is -0.187. The molecule has 0 bridgehead atoms. The molecule has 0 radical (unpaired) electrons. The largest absolute Gasteiger partial charge is 0.497 e. The van der Waals surface area contributed by atoms with Crippen molar-refractivity contribution >= 4 is 45.2 Å². The fourth-order valence-corrected chi connectivity index (χ4v) is 7.71. The van der Waals surface area contributed by atoms with Crippen molar-refractivity contribution in [3.8, 4) is 5.75 Å². The molecule has 6 nitrogen and oxygen atoms in total. The number of methoxy groups -OCH3 is 1. The van der Waals surface area contributed by atoms with Crippen LogP contribution >= 0.6 is 27.3 Å². The number of thiophene rings is 1. The monoisotopic (exact) mass is 586 g/mol. The third-order valence-corrected chi connectivity index (χ3v) is 9.86. The zero-order valence-electron chi connectivity index (χ0n) is 21.5. The lowest BCUT2D eigenvalue weighted by atomic mass is 9.55. The van der Waals surface area contributed by atoms with Crippen molar-refractivity contribution in [2.24, 2.45) is 5.92 Å². The third kappa shape index (κ3) is 5.81. The van der Waals surface area contributed by atoms with E-state index in [0.29, 0.717) is 6.42 Å². The van der Waals surface area contributed by atoms with Crippen LogP contribution < -0.4 is 10.1 Å². The van der Waals surface area contributed by atoms with Gasteiger partial charge in [0, 0.05) is 52.3 Å². The van der Waals surface area contributed by atoms with Gasteiger partial charge in [-0.1, -0.05) is 12.1 Å². The minimum Gasteiger partial charge on any atom is -0.497 e. The Bertz CT molecular complexity index is 1180. The minimum absolute atomic E-state index is 0.0166. The average molecular weight is 588 g/mol. The Labute approximate surface area is 231 Å². The number of esters is 1. The summed E-state index contributed by atoms with van der Waals surface area (Å²) in [4.78, 5) is 29.0. The number of carbonyl (C=O) groups excluding carboxylic acids is 2. The van der Waals surface area contributed by atoms with Gasteiger partial charge in [-0.05, 0) is 96.8 Å². The van der Waals surface area contributed by atoms with E-state index in [1.54, 1.807) is 24.5 Å². The van der Waals surface area contributed by atoms with Crippen molar-refractivity contribution in [1.29, 1.82) is 0 Å². The second-order valence-corrected chi connectivity index (χ2v) is 12.6. The highest BCUT2D eigenvalue weighted by Crippen LogP contribution is 2.54. The Morgan fingerprint density at radius 2 is 2.08 bits per heavy atom. The molecule has 2 aliphatic carbocycles. The van der Waals surface area contributed by atoms with E-state index in [-0.39, 0.29) is 17.9 Å². The fourth-order valence-electron chi connectivity index (χ4n) is 6.37. The molecule has 2 saturated carbocycles. The summed E-state index contributed by atoms with van der Waals surface area (Å²) >= 11 is 5.05. The Kier molecular flexibility index (Phi) is 7.80. The van der Waals surface area contributed by atoms with E-state index in [0.717, 1.165) is 65.5 Å². The van der Waals surface area contributed by atoms with Crippen LogP contribution in [-0.2, 0) is 19.7 Å². The number of halogens is 1. The summed E-state index contributed by atoms with van der Waals surface area (Å²) in [6.45, 7) is 4.27. The molecule has 3 aliphatic rings. The highest BCUT2D eigenvalue weighted by Gasteiger charge is 2.61. The van der Waals surface area contributed by atoms with Crippen LogP contribution in [0.4, 0.5) is 0 Å². The van der Waals surface area contributed by atoms with Gasteiger partial charge < -0.3 is 14.8 Å². The molecule has 3 atom stereocenters. The maximum atomic E-state index is 12.9. The zero-order chi connectivity index (χ0) is 26.0. The van der Waals surface area contributed by atoms with Gasteiger partial charge in [-0.25, -0.2) is 0 Å². The van der Waals surface area contributed by atoms with Crippen LogP contribution in [0.5, 0.6) is 5.75 Å². The normalized spacial score (nSPS) is 28.0. The van der Waals surface area contributed by atoms with E-state index in [2.05, 4.69) is 38.3 Å². The molecular formula is C29H35BrN2O4S. The van der Waals surface area contributed by atoms with Crippen LogP contribution in [0.15, 0.2) is 46.3 Å². The maximum Gasteiger partial charge on any atom is 0.303 e. The molecule has 0 unspecified atom stereocenters. The predicted molar refractivity (Wildman–Crippen MR) is 150 cm³/mol. The highest BCUT2D eigenvalue weighted by atomic mass is 79.9. The molecule has 2 heterocycles. The number of fused-ring (bicyclic) bond motifs is 1. The predicted octanol–water partition coefficient (Wildman–Crippen LogP) is 5.56. The molecule has 8 heteroatoms. The first-order valence-corrected chi connectivity index (χ1v) is 14.8. The van der Waals surface area contributed by atoms with E-state index in [9.17, 15) is 9.59 Å². The van der Waals surface area contributed by atoms with E-state index in [1.165, 1.54) is 19.8 Å². The van der Waals surface area contributed by atoms with Crippen LogP contribution in [0.3, 0.4) is 0 Å². The van der Waals surface area contributed by atoms with Crippen molar-refractivity contribution in [3.05, 3.63) is 56.7 Å². The molecule has 0 spiro atoms. The molecule has 2 aromatic rings. The second-order valence-electron chi connectivity index (χ2n) is 10.8. The summed E-state index contributed by atoms with van der Waals surface area (Å²) in [6, 6.07) is 10.2. The van der Waals surface area contributed by atoms with E-state index in [4.69, 9.17) is 9.47 Å². The SMILES string of the molecule is COc1cccc([C@@]23CCN(CC4CC4)C[C@@]2(OC(C)=O)CC[C@@H](NC(=O)C=Cc2cc(Br)cs2)C3)c1. The number of ether oxygens (including phenoxy) is 2. The van der Waals surface area contributed by atoms with E-state index < -0.39 is 11.0 Å². The summed E-state index contributed by atoms with van der Waals surface area (Å²) in [5, 5.41) is 5.26. The molecule has 1 aromatic heterocycles. The zero-order valence-corrected chi connectivity index (χ0v) is 23.9. The molecule has 3 fully saturated rings. The summed E-state index contributed by atoms with van der Waals surface area (Å²) in [6.07, 6.45) is 9.11. The number of carbonyl (C=O) groups is 2. The Morgan fingerprint density at radius 1 is 1.24 bits per heavy atom. The number of nitrogens with zero attached hydrogens (tertiary/aromatic N) is 1. The van der Waals surface area contributed by atoms with Gasteiger partial charge in [-0.15, -0.1) is 11.3 Å². The van der Waals surface area contributed by atoms with Crippen LogP contribution in [0, 0.1) is 5.92 Å². The van der Waals surface area contributed by atoms with E-state index in [1.807, 2.05) is 29.7 Å². The molecule has 1 amide bonds. The van der Waals surface area contributed by atoms with Gasteiger partial charge in [0.25, 0.3) is 0 Å². The smallest absolute Gasteiger partial charge is 0.303 e. The van der Waals surface area contributed by atoms with Gasteiger partial charge in [0.05, 0.1) is 7.11 Å². The quantitative estimate of drug-likeness (QED) is 0.324. The topological polar surface area (TPSA) is 67.9 Å². The number of benzene rings is 1. The van der Waals surface area contributed by atoms with E-state index >= 15 is 0 Å². The van der Waals surface area contributed by atoms with Gasteiger partial charge in [0.15, 0.2) is 0 Å². The first kappa shape index (κ1) is 26.4. The molecule has 1 saturated heterocycles. The fraction of sp³-hybridized carbons (Fsp3) is 0.517. The number of piperidine rings is 1. The van der Waals surface area contributed by atoms with Gasteiger partial charge >= 0.3 is 5.97 Å². The first-order chi connectivity index (χ1) is 17.8. The lowest BCUT2D eigenvalue weighted by Gasteiger charge is -2.59. The van der Waals surface area contributed by atoms with Crippen LogP contribution in [-0.4, -0.2) is 55.2 Å². The van der Waals surface area contributed by atoms with Crippen molar-refractivity contribution in [2.75, 3.05) is 26.7 Å². The minimum atomic E-state index is -0.640. The van der Waals surface area contributed by atoms with Gasteiger partial charge in [-0.3, -0.25) is 14.5 Å². The average Bonchev–Trinajstić information content (AvgIpc) is 3.59. The van der Waals surface area contributed by atoms with Crippen LogP contribution in [0.25, 0.3) is 6.08 Å². The van der Waals surface area contributed by atoms with Crippen molar-refractivity contribution in [3.63, 3.8) is 0 Å². The van der Waals surface area contributed by atoms with Crippen molar-refractivity contribution < 1.29 is 19.1 Å². The molecule has 1 N–H and O–H groups in total. The number of likely N-dealkylation sites (tertiary alicyclic amines) is 1. The van der Waals surface area contributed by atoms with Crippen LogP contribution in [0.2, 0.25) is 0 Å². The summed E-state index contributed by atoms with van der Waals surface area (Å²) in [7, 11) is 1.68. The molecule has 1 aliphatic heterocycles. The summed E-state index contributed by atoms with van der Waals surface area (Å²) in [5.74, 6) is 1.22. The number of rotatable bonds is 8. The highest BCUT2D eigenvalue weighted by molar-refractivity contribution is 9.10. The molecule has 37 heavy (non-hydrogen) atoms. The second kappa shape index (κ2) is 10.9. The van der Waals surface area contributed by atoms with Crippen molar-refractivity contribution in [2.45, 2.75) is 62.5 Å². The third-order valence-electron chi connectivity index (χ3n) is 8.21. The van der Waals surface area contributed by atoms with Gasteiger partial charge in [0.2, 0.25) is 5.91 Å². The molecule has 5 rings (SSSR count). The Hall–Kier alpha value is -2.16. The number of amides is 1. The van der Waals surface area contributed by atoms with Gasteiger partial charge in [0.1, 0.15) is 11.4 Å². The summed E-state index contributed by atoms with van der Waals surface area (Å²) in [5.41, 5.74) is 0.0712. The number of hydrogen-bond acceptors (Lipinski definition) is 6. The Morgan fingerprint density at radius 3 is 2.78 bits per heavy atom. The number of nitrogens with one attached hydrogen (secondary N) is 1. The lowest BCUT2D eigenvalue weighted by Crippen LogP contribution is -2.68. The number of hydrogen-bond donors (Lipinski definition) is 1. The summed E-state index contributed by atoms with van der Waals surface area (Å²) < 4.78 is 13.0. The van der Waals surface area contributed by atoms with Crippen LogP contribution in [0.1, 0.15) is 55.9 Å².